The highest BCUT2D eigenvalue weighted by molar-refractivity contribution is 5.90. The average molecular weight is 391 g/mol. The second-order valence-corrected chi connectivity index (χ2v) is 8.12. The van der Waals surface area contributed by atoms with Crippen LogP contribution in [-0.2, 0) is 14.3 Å². The van der Waals surface area contributed by atoms with E-state index in [9.17, 15) is 9.59 Å². The molecule has 1 saturated heterocycles. The smallest absolute Gasteiger partial charge is 0.245 e. The molecule has 0 saturated carbocycles. The molecule has 1 aliphatic heterocycles. The molecule has 6 heteroatoms. The van der Waals surface area contributed by atoms with Crippen LogP contribution in [0.25, 0.3) is 0 Å². The SMILES string of the molecule is COc1ccc(C(C(=O)N[C@@H](CC(C)C)C(=O)N2CCOCC2)C(C)C)cc1. The van der Waals surface area contributed by atoms with Gasteiger partial charge < -0.3 is 19.7 Å². The van der Waals surface area contributed by atoms with Gasteiger partial charge in [0.2, 0.25) is 11.8 Å². The van der Waals surface area contributed by atoms with E-state index in [0.717, 1.165) is 11.3 Å². The molecule has 1 unspecified atom stereocenters. The predicted molar refractivity (Wildman–Crippen MR) is 109 cm³/mol. The molecule has 1 aromatic rings. The lowest BCUT2D eigenvalue weighted by molar-refractivity contribution is -0.140. The Morgan fingerprint density at radius 3 is 2.21 bits per heavy atom. The van der Waals surface area contributed by atoms with Crippen molar-refractivity contribution in [3.63, 3.8) is 0 Å². The average Bonchev–Trinajstić information content (AvgIpc) is 2.67. The molecular formula is C22H34N2O4. The number of amides is 2. The second kappa shape index (κ2) is 10.5. The van der Waals surface area contributed by atoms with Crippen molar-refractivity contribution in [3.8, 4) is 5.75 Å². The maximum absolute atomic E-state index is 13.2. The van der Waals surface area contributed by atoms with E-state index >= 15 is 0 Å². The van der Waals surface area contributed by atoms with Crippen LogP contribution < -0.4 is 10.1 Å². The third kappa shape index (κ3) is 5.96. The summed E-state index contributed by atoms with van der Waals surface area (Å²) in [6.45, 7) is 10.4. The highest BCUT2D eigenvalue weighted by Crippen LogP contribution is 2.27. The first-order valence-electron chi connectivity index (χ1n) is 10.1. The molecule has 156 valence electrons. The summed E-state index contributed by atoms with van der Waals surface area (Å²) < 4.78 is 10.6. The van der Waals surface area contributed by atoms with Gasteiger partial charge in [-0.2, -0.15) is 0 Å². The van der Waals surface area contributed by atoms with Crippen molar-refractivity contribution in [2.45, 2.75) is 46.1 Å². The Morgan fingerprint density at radius 2 is 1.71 bits per heavy atom. The van der Waals surface area contributed by atoms with Gasteiger partial charge in [-0.1, -0.05) is 39.8 Å². The maximum atomic E-state index is 13.2. The van der Waals surface area contributed by atoms with Gasteiger partial charge in [0.1, 0.15) is 11.8 Å². The Morgan fingerprint density at radius 1 is 1.11 bits per heavy atom. The molecule has 0 aromatic heterocycles. The number of carbonyl (C=O) groups excluding carboxylic acids is 2. The summed E-state index contributed by atoms with van der Waals surface area (Å²) in [6, 6.07) is 7.06. The van der Waals surface area contributed by atoms with Crippen LogP contribution in [0.5, 0.6) is 5.75 Å². The molecular weight excluding hydrogens is 356 g/mol. The van der Waals surface area contributed by atoms with E-state index in [2.05, 4.69) is 19.2 Å². The lowest BCUT2D eigenvalue weighted by atomic mass is 9.87. The Kier molecular flexibility index (Phi) is 8.30. The fourth-order valence-corrected chi connectivity index (χ4v) is 3.61. The van der Waals surface area contributed by atoms with Gasteiger partial charge >= 0.3 is 0 Å². The number of methoxy groups -OCH3 is 1. The lowest BCUT2D eigenvalue weighted by Gasteiger charge is -2.32. The first-order chi connectivity index (χ1) is 13.3. The van der Waals surface area contributed by atoms with Crippen molar-refractivity contribution < 1.29 is 19.1 Å². The van der Waals surface area contributed by atoms with E-state index in [1.807, 2.05) is 38.1 Å². The van der Waals surface area contributed by atoms with Crippen LogP contribution >= 0.6 is 0 Å². The van der Waals surface area contributed by atoms with Crippen molar-refractivity contribution in [1.82, 2.24) is 10.2 Å². The van der Waals surface area contributed by atoms with Crippen molar-refractivity contribution in [2.24, 2.45) is 11.8 Å². The molecule has 0 spiro atoms. The standard InChI is InChI=1S/C22H34N2O4/c1-15(2)14-19(22(26)24-10-12-28-13-11-24)23-21(25)20(16(3)4)17-6-8-18(27-5)9-7-17/h6-9,15-16,19-20H,10-14H2,1-5H3,(H,23,25)/t19-,20?/m0/s1. The zero-order valence-electron chi connectivity index (χ0n) is 17.7. The number of hydrogen-bond acceptors (Lipinski definition) is 4. The maximum Gasteiger partial charge on any atom is 0.245 e. The topological polar surface area (TPSA) is 67.9 Å². The summed E-state index contributed by atoms with van der Waals surface area (Å²) in [5, 5.41) is 3.05. The third-order valence-corrected chi connectivity index (χ3v) is 5.07. The van der Waals surface area contributed by atoms with Crippen molar-refractivity contribution in [2.75, 3.05) is 33.4 Å². The van der Waals surface area contributed by atoms with Crippen molar-refractivity contribution in [1.29, 1.82) is 0 Å². The minimum absolute atomic E-state index is 0.0115. The Hall–Kier alpha value is -2.08. The largest absolute Gasteiger partial charge is 0.497 e. The second-order valence-electron chi connectivity index (χ2n) is 8.12. The van der Waals surface area contributed by atoms with E-state index < -0.39 is 6.04 Å². The normalized spacial score (nSPS) is 16.8. The molecule has 2 rings (SSSR count). The van der Waals surface area contributed by atoms with Crippen LogP contribution in [0, 0.1) is 11.8 Å². The zero-order chi connectivity index (χ0) is 20.7. The van der Waals surface area contributed by atoms with E-state index in [-0.39, 0.29) is 23.7 Å². The Balaban J connectivity index is 2.16. The van der Waals surface area contributed by atoms with Crippen molar-refractivity contribution >= 4 is 11.8 Å². The number of nitrogens with zero attached hydrogens (tertiary/aromatic N) is 1. The molecule has 6 nitrogen and oxygen atoms in total. The molecule has 0 radical (unpaired) electrons. The van der Waals surface area contributed by atoms with E-state index in [0.29, 0.717) is 38.6 Å². The molecule has 0 bridgehead atoms. The van der Waals surface area contributed by atoms with Gasteiger partial charge in [-0.25, -0.2) is 0 Å². The van der Waals surface area contributed by atoms with Gasteiger partial charge in [0, 0.05) is 13.1 Å². The number of ether oxygens (including phenoxy) is 2. The molecule has 2 amide bonds. The molecule has 1 aliphatic rings. The zero-order valence-corrected chi connectivity index (χ0v) is 17.7. The number of hydrogen-bond donors (Lipinski definition) is 1. The Labute approximate surface area is 168 Å². The summed E-state index contributed by atoms with van der Waals surface area (Å²) in [7, 11) is 1.62. The van der Waals surface area contributed by atoms with Crippen LogP contribution in [0.3, 0.4) is 0 Å². The molecule has 1 aromatic carbocycles. The molecule has 28 heavy (non-hydrogen) atoms. The van der Waals surface area contributed by atoms with Crippen LogP contribution in [0.15, 0.2) is 24.3 Å². The highest BCUT2D eigenvalue weighted by atomic mass is 16.5. The number of nitrogens with one attached hydrogen (secondary N) is 1. The fourth-order valence-electron chi connectivity index (χ4n) is 3.61. The fraction of sp³-hybridized carbons (Fsp3) is 0.636. The molecule has 2 atom stereocenters. The van der Waals surface area contributed by atoms with Gasteiger partial charge in [-0.15, -0.1) is 0 Å². The van der Waals surface area contributed by atoms with E-state index in [4.69, 9.17) is 9.47 Å². The van der Waals surface area contributed by atoms with Gasteiger partial charge in [-0.3, -0.25) is 9.59 Å². The molecule has 1 heterocycles. The number of rotatable bonds is 8. The van der Waals surface area contributed by atoms with E-state index in [1.165, 1.54) is 0 Å². The number of carbonyl (C=O) groups is 2. The first kappa shape index (κ1) is 22.2. The van der Waals surface area contributed by atoms with Gasteiger partial charge in [-0.05, 0) is 36.0 Å². The van der Waals surface area contributed by atoms with Crippen LogP contribution in [0.2, 0.25) is 0 Å². The molecule has 0 aliphatic carbocycles. The molecule has 1 N–H and O–H groups in total. The van der Waals surface area contributed by atoms with Crippen LogP contribution in [-0.4, -0.2) is 56.2 Å². The van der Waals surface area contributed by atoms with Gasteiger partial charge in [0.15, 0.2) is 0 Å². The summed E-state index contributed by atoms with van der Waals surface area (Å²) in [4.78, 5) is 28.0. The summed E-state index contributed by atoms with van der Waals surface area (Å²) in [5.74, 6) is 0.722. The molecule has 1 fully saturated rings. The van der Waals surface area contributed by atoms with E-state index in [1.54, 1.807) is 12.0 Å². The minimum Gasteiger partial charge on any atom is -0.497 e. The third-order valence-electron chi connectivity index (χ3n) is 5.07. The lowest BCUT2D eigenvalue weighted by Crippen LogP contribution is -2.53. The van der Waals surface area contributed by atoms with Crippen LogP contribution in [0.4, 0.5) is 0 Å². The summed E-state index contributed by atoms with van der Waals surface area (Å²) >= 11 is 0. The monoisotopic (exact) mass is 390 g/mol. The van der Waals surface area contributed by atoms with Crippen molar-refractivity contribution in [3.05, 3.63) is 29.8 Å². The Bertz CT molecular complexity index is 636. The summed E-state index contributed by atoms with van der Waals surface area (Å²) in [5.41, 5.74) is 0.926. The minimum atomic E-state index is -0.509. The van der Waals surface area contributed by atoms with Gasteiger partial charge in [0.05, 0.1) is 26.2 Å². The summed E-state index contributed by atoms with van der Waals surface area (Å²) in [6.07, 6.45) is 0.620. The first-order valence-corrected chi connectivity index (χ1v) is 10.1. The highest BCUT2D eigenvalue weighted by Gasteiger charge is 2.31. The van der Waals surface area contributed by atoms with Crippen LogP contribution in [0.1, 0.15) is 45.6 Å². The van der Waals surface area contributed by atoms with Gasteiger partial charge in [0.25, 0.3) is 0 Å². The number of benzene rings is 1. The number of morpholine rings is 1. The quantitative estimate of drug-likeness (QED) is 0.741. The predicted octanol–water partition coefficient (Wildman–Crippen LogP) is 2.82.